The van der Waals surface area contributed by atoms with Crippen LogP contribution in [-0.4, -0.2) is 49.8 Å². The first kappa shape index (κ1) is 14.3. The normalized spacial score (nSPS) is 24.3. The fourth-order valence-corrected chi connectivity index (χ4v) is 2.66. The van der Waals surface area contributed by atoms with Gasteiger partial charge < -0.3 is 10.1 Å². The molecule has 1 saturated heterocycles. The van der Waals surface area contributed by atoms with Crippen LogP contribution in [0.5, 0.6) is 0 Å². The van der Waals surface area contributed by atoms with Gasteiger partial charge in [-0.15, -0.1) is 0 Å². The summed E-state index contributed by atoms with van der Waals surface area (Å²) in [6.45, 7) is 9.93. The van der Waals surface area contributed by atoms with Gasteiger partial charge in [0.25, 0.3) is 0 Å². The van der Waals surface area contributed by atoms with Crippen molar-refractivity contribution >= 4 is 0 Å². The first-order valence-corrected chi connectivity index (χ1v) is 7.81. The lowest BCUT2D eigenvalue weighted by Crippen LogP contribution is -2.40. The van der Waals surface area contributed by atoms with E-state index in [1.165, 1.54) is 45.2 Å². The third-order valence-electron chi connectivity index (χ3n) is 4.04. The van der Waals surface area contributed by atoms with Gasteiger partial charge in [0.2, 0.25) is 0 Å². The molecular formula is C15H30N2O. The quantitative estimate of drug-likeness (QED) is 0.639. The fraction of sp³-hybridized carbons (Fsp3) is 1.00. The second-order valence-corrected chi connectivity index (χ2v) is 6.31. The Morgan fingerprint density at radius 2 is 2.06 bits per heavy atom. The zero-order valence-electron chi connectivity index (χ0n) is 12.2. The predicted molar refractivity (Wildman–Crippen MR) is 75.9 cm³/mol. The van der Waals surface area contributed by atoms with Gasteiger partial charge in [-0.25, -0.2) is 0 Å². The van der Waals surface area contributed by atoms with Gasteiger partial charge in [-0.1, -0.05) is 13.8 Å². The molecule has 2 aliphatic rings. The lowest BCUT2D eigenvalue weighted by atomic mass is 10.1. The van der Waals surface area contributed by atoms with Crippen LogP contribution in [0.3, 0.4) is 0 Å². The number of ether oxygens (including phenoxy) is 1. The van der Waals surface area contributed by atoms with Crippen LogP contribution < -0.4 is 5.32 Å². The van der Waals surface area contributed by atoms with Crippen LogP contribution in [0, 0.1) is 5.92 Å². The molecule has 0 aromatic rings. The highest BCUT2D eigenvalue weighted by atomic mass is 16.5. The molecule has 1 N–H and O–H groups in total. The lowest BCUT2D eigenvalue weighted by molar-refractivity contribution is 0.0907. The van der Waals surface area contributed by atoms with E-state index < -0.39 is 0 Å². The highest BCUT2D eigenvalue weighted by molar-refractivity contribution is 4.88. The number of nitrogens with one attached hydrogen (secondary N) is 1. The van der Waals surface area contributed by atoms with E-state index in [2.05, 4.69) is 24.1 Å². The van der Waals surface area contributed by atoms with Crippen molar-refractivity contribution in [3.63, 3.8) is 0 Å². The summed E-state index contributed by atoms with van der Waals surface area (Å²) in [6.07, 6.45) is 6.70. The van der Waals surface area contributed by atoms with E-state index in [4.69, 9.17) is 4.74 Å². The molecule has 18 heavy (non-hydrogen) atoms. The number of rotatable bonds is 9. The van der Waals surface area contributed by atoms with Gasteiger partial charge in [0.15, 0.2) is 0 Å². The average molecular weight is 254 g/mol. The molecule has 3 heteroatoms. The number of hydrogen-bond donors (Lipinski definition) is 1. The zero-order valence-corrected chi connectivity index (χ0v) is 12.2. The standard InChI is InChI=1S/C15H30N2O/c1-13(2)7-10-18-11-9-17(15-5-6-15)12-14-4-3-8-16-14/h13-16H,3-12H2,1-2H3. The van der Waals surface area contributed by atoms with Crippen LogP contribution in [0.15, 0.2) is 0 Å². The SMILES string of the molecule is CC(C)CCOCCN(CC1CCCN1)C1CC1. The molecule has 106 valence electrons. The Morgan fingerprint density at radius 3 is 2.67 bits per heavy atom. The molecule has 0 aromatic carbocycles. The molecule has 0 amide bonds. The van der Waals surface area contributed by atoms with Crippen molar-refractivity contribution in [1.82, 2.24) is 10.2 Å². The Hall–Kier alpha value is -0.120. The summed E-state index contributed by atoms with van der Waals surface area (Å²) < 4.78 is 5.76. The molecular weight excluding hydrogens is 224 g/mol. The van der Waals surface area contributed by atoms with E-state index in [9.17, 15) is 0 Å². The third-order valence-corrected chi connectivity index (χ3v) is 4.04. The molecule has 0 radical (unpaired) electrons. The van der Waals surface area contributed by atoms with Crippen molar-refractivity contribution in [1.29, 1.82) is 0 Å². The van der Waals surface area contributed by atoms with Crippen LogP contribution in [-0.2, 0) is 4.74 Å². The van der Waals surface area contributed by atoms with Crippen LogP contribution in [0.25, 0.3) is 0 Å². The summed E-state index contributed by atoms with van der Waals surface area (Å²) in [5.41, 5.74) is 0. The second kappa shape index (κ2) is 7.46. The number of hydrogen-bond acceptors (Lipinski definition) is 3. The van der Waals surface area contributed by atoms with Crippen LogP contribution >= 0.6 is 0 Å². The monoisotopic (exact) mass is 254 g/mol. The Bertz CT molecular complexity index is 223. The van der Waals surface area contributed by atoms with Crippen molar-refractivity contribution in [3.05, 3.63) is 0 Å². The summed E-state index contributed by atoms with van der Waals surface area (Å²) >= 11 is 0. The summed E-state index contributed by atoms with van der Waals surface area (Å²) in [7, 11) is 0. The Labute approximate surface area is 112 Å². The summed E-state index contributed by atoms with van der Waals surface area (Å²) in [6, 6.07) is 1.60. The van der Waals surface area contributed by atoms with Crippen molar-refractivity contribution in [2.45, 2.75) is 58.0 Å². The van der Waals surface area contributed by atoms with Gasteiger partial charge in [0.1, 0.15) is 0 Å². The van der Waals surface area contributed by atoms with Gasteiger partial charge in [0, 0.05) is 31.8 Å². The fourth-order valence-electron chi connectivity index (χ4n) is 2.66. The molecule has 1 aliphatic heterocycles. The average Bonchev–Trinajstić information content (AvgIpc) is 3.05. The molecule has 3 nitrogen and oxygen atoms in total. The van der Waals surface area contributed by atoms with E-state index in [0.717, 1.165) is 37.8 Å². The van der Waals surface area contributed by atoms with Gasteiger partial charge in [-0.2, -0.15) is 0 Å². The largest absolute Gasteiger partial charge is 0.380 e. The van der Waals surface area contributed by atoms with Crippen LogP contribution in [0.4, 0.5) is 0 Å². The first-order chi connectivity index (χ1) is 8.75. The molecule has 0 bridgehead atoms. The van der Waals surface area contributed by atoms with E-state index in [1.54, 1.807) is 0 Å². The maximum Gasteiger partial charge on any atom is 0.0593 e. The smallest absolute Gasteiger partial charge is 0.0593 e. The Balaban J connectivity index is 1.57. The first-order valence-electron chi connectivity index (χ1n) is 7.81. The summed E-state index contributed by atoms with van der Waals surface area (Å²) in [5, 5.41) is 3.60. The Kier molecular flexibility index (Phi) is 5.93. The molecule has 1 unspecified atom stereocenters. The minimum Gasteiger partial charge on any atom is -0.380 e. The van der Waals surface area contributed by atoms with Gasteiger partial charge in [-0.3, -0.25) is 4.90 Å². The predicted octanol–water partition coefficient (Wildman–Crippen LogP) is 2.27. The van der Waals surface area contributed by atoms with Gasteiger partial charge in [0.05, 0.1) is 6.61 Å². The highest BCUT2D eigenvalue weighted by Crippen LogP contribution is 2.27. The number of nitrogens with zero attached hydrogens (tertiary/aromatic N) is 1. The third kappa shape index (κ3) is 5.25. The van der Waals surface area contributed by atoms with Crippen molar-refractivity contribution in [2.24, 2.45) is 5.92 Å². The molecule has 2 rings (SSSR count). The van der Waals surface area contributed by atoms with E-state index >= 15 is 0 Å². The van der Waals surface area contributed by atoms with E-state index in [1.807, 2.05) is 0 Å². The minimum atomic E-state index is 0.737. The van der Waals surface area contributed by atoms with E-state index in [0.29, 0.717) is 0 Å². The maximum atomic E-state index is 5.76. The zero-order chi connectivity index (χ0) is 12.8. The van der Waals surface area contributed by atoms with E-state index in [-0.39, 0.29) is 0 Å². The van der Waals surface area contributed by atoms with Crippen molar-refractivity contribution < 1.29 is 4.74 Å². The van der Waals surface area contributed by atoms with Crippen molar-refractivity contribution in [3.8, 4) is 0 Å². The van der Waals surface area contributed by atoms with Gasteiger partial charge in [-0.05, 0) is 44.6 Å². The Morgan fingerprint density at radius 1 is 1.22 bits per heavy atom. The highest BCUT2D eigenvalue weighted by Gasteiger charge is 2.30. The molecule has 0 aromatic heterocycles. The van der Waals surface area contributed by atoms with Crippen LogP contribution in [0.1, 0.15) is 46.0 Å². The van der Waals surface area contributed by atoms with Crippen LogP contribution in [0.2, 0.25) is 0 Å². The molecule has 2 fully saturated rings. The molecule has 1 heterocycles. The maximum absolute atomic E-state index is 5.76. The molecule has 1 saturated carbocycles. The second-order valence-electron chi connectivity index (χ2n) is 6.31. The van der Waals surface area contributed by atoms with Crippen molar-refractivity contribution in [2.75, 3.05) is 32.8 Å². The summed E-state index contributed by atoms with van der Waals surface area (Å²) in [5.74, 6) is 0.757. The summed E-state index contributed by atoms with van der Waals surface area (Å²) in [4.78, 5) is 2.65. The minimum absolute atomic E-state index is 0.737. The molecule has 1 aliphatic carbocycles. The van der Waals surface area contributed by atoms with Gasteiger partial charge >= 0.3 is 0 Å². The lowest BCUT2D eigenvalue weighted by Gasteiger charge is -2.25. The molecule has 0 spiro atoms. The topological polar surface area (TPSA) is 24.5 Å². The molecule has 1 atom stereocenters.